The number of pyridine rings is 1. The van der Waals surface area contributed by atoms with Crippen LogP contribution in [-0.2, 0) is 7.05 Å². The molecular weight excluding hydrogens is 310 g/mol. The van der Waals surface area contributed by atoms with E-state index in [0.29, 0.717) is 11.7 Å². The van der Waals surface area contributed by atoms with Crippen LogP contribution in [0.5, 0.6) is 0 Å². The van der Waals surface area contributed by atoms with Gasteiger partial charge in [-0.2, -0.15) is 10.4 Å². The Bertz CT molecular complexity index is 978. The van der Waals surface area contributed by atoms with E-state index in [1.54, 1.807) is 10.9 Å². The number of nitrogens with zero attached hydrogens (tertiary/aromatic N) is 4. The Hall–Kier alpha value is -3.13. The highest BCUT2D eigenvalue weighted by molar-refractivity contribution is 5.73. The Balaban J connectivity index is 1.62. The summed E-state index contributed by atoms with van der Waals surface area (Å²) in [5.74, 6) is 1.21. The van der Waals surface area contributed by atoms with Crippen LogP contribution in [0, 0.1) is 24.2 Å². The van der Waals surface area contributed by atoms with Crippen molar-refractivity contribution in [3.63, 3.8) is 0 Å². The van der Waals surface area contributed by atoms with Crippen molar-refractivity contribution in [1.29, 1.82) is 5.26 Å². The summed E-state index contributed by atoms with van der Waals surface area (Å²) in [5, 5.41) is 13.2. The first-order chi connectivity index (χ1) is 12.1. The fourth-order valence-corrected chi connectivity index (χ4v) is 3.30. The number of aryl methyl sites for hydroxylation is 2. The van der Waals surface area contributed by atoms with E-state index in [1.807, 2.05) is 19.3 Å². The molecule has 0 spiro atoms. The third-order valence-electron chi connectivity index (χ3n) is 4.97. The Labute approximate surface area is 146 Å². The molecule has 1 fully saturated rings. The molecule has 1 saturated carbocycles. The maximum atomic E-state index is 9.01. The Morgan fingerprint density at radius 1 is 1.20 bits per heavy atom. The lowest BCUT2D eigenvalue weighted by Crippen LogP contribution is -1.98. The Morgan fingerprint density at radius 3 is 2.60 bits per heavy atom. The number of nitriles is 1. The number of hydrogen-bond donors (Lipinski definition) is 1. The molecule has 0 amide bonds. The van der Waals surface area contributed by atoms with Crippen molar-refractivity contribution < 1.29 is 0 Å². The first-order valence-electron chi connectivity index (χ1n) is 8.33. The molecule has 4 rings (SSSR count). The zero-order valence-corrected chi connectivity index (χ0v) is 14.3. The van der Waals surface area contributed by atoms with E-state index in [2.05, 4.69) is 47.3 Å². The zero-order chi connectivity index (χ0) is 17.6. The third-order valence-corrected chi connectivity index (χ3v) is 4.97. The molecule has 0 radical (unpaired) electrons. The van der Waals surface area contributed by atoms with Crippen molar-refractivity contribution in [1.82, 2.24) is 14.8 Å². The van der Waals surface area contributed by atoms with Crippen LogP contribution in [0.1, 0.15) is 23.5 Å². The summed E-state index contributed by atoms with van der Waals surface area (Å²) < 4.78 is 1.64. The molecular formula is C20H19N5. The highest BCUT2D eigenvalue weighted by Gasteiger charge is 2.38. The minimum Gasteiger partial charge on any atom is -0.383 e. The molecule has 2 heterocycles. The molecule has 0 bridgehead atoms. The summed E-state index contributed by atoms with van der Waals surface area (Å²) in [4.78, 5) is 4.56. The van der Waals surface area contributed by atoms with Crippen molar-refractivity contribution in [3.05, 3.63) is 53.9 Å². The average Bonchev–Trinajstić information content (AvgIpc) is 3.35. The van der Waals surface area contributed by atoms with Gasteiger partial charge in [-0.1, -0.05) is 24.3 Å². The monoisotopic (exact) mass is 329 g/mol. The van der Waals surface area contributed by atoms with Gasteiger partial charge in [0.15, 0.2) is 0 Å². The second kappa shape index (κ2) is 5.75. The van der Waals surface area contributed by atoms with Crippen molar-refractivity contribution in [2.24, 2.45) is 13.0 Å². The number of nitrogen functional groups attached to an aromatic ring is 1. The van der Waals surface area contributed by atoms with Gasteiger partial charge in [0.2, 0.25) is 0 Å². The van der Waals surface area contributed by atoms with Crippen LogP contribution in [-0.4, -0.2) is 14.8 Å². The molecule has 1 aromatic carbocycles. The van der Waals surface area contributed by atoms with Crippen molar-refractivity contribution in [2.75, 3.05) is 5.73 Å². The van der Waals surface area contributed by atoms with E-state index in [0.717, 1.165) is 28.8 Å². The normalized spacial score (nSPS) is 18.8. The minimum atomic E-state index is 0.191. The van der Waals surface area contributed by atoms with Gasteiger partial charge in [0.25, 0.3) is 0 Å². The van der Waals surface area contributed by atoms with Crippen LogP contribution in [0.3, 0.4) is 0 Å². The highest BCUT2D eigenvalue weighted by atomic mass is 15.3. The summed E-state index contributed by atoms with van der Waals surface area (Å²) in [6, 6.07) is 12.9. The number of anilines is 1. The molecule has 5 heteroatoms. The Kier molecular flexibility index (Phi) is 3.54. The van der Waals surface area contributed by atoms with E-state index < -0.39 is 0 Å². The van der Waals surface area contributed by atoms with Crippen LogP contribution in [0.25, 0.3) is 22.4 Å². The van der Waals surface area contributed by atoms with Crippen LogP contribution in [0.15, 0.2) is 42.7 Å². The standard InChI is InChI=1S/C20H19N5/c1-12-7-13(17-8-15(17)9-21)3-5-16(12)14-4-6-19(23-10-14)18-11-24-25(2)20(18)22/h3-7,10-11,15,17H,8,22H2,1-2H3. The van der Waals surface area contributed by atoms with Gasteiger partial charge in [-0.25, -0.2) is 0 Å². The van der Waals surface area contributed by atoms with Crippen LogP contribution in [0.2, 0.25) is 0 Å². The predicted molar refractivity (Wildman–Crippen MR) is 97.5 cm³/mol. The lowest BCUT2D eigenvalue weighted by atomic mass is 9.97. The van der Waals surface area contributed by atoms with Gasteiger partial charge < -0.3 is 5.73 Å². The second-order valence-corrected chi connectivity index (χ2v) is 6.65. The van der Waals surface area contributed by atoms with Crippen LogP contribution in [0.4, 0.5) is 5.82 Å². The summed E-state index contributed by atoms with van der Waals surface area (Å²) in [6.07, 6.45) is 4.59. The lowest BCUT2D eigenvalue weighted by Gasteiger charge is -2.09. The molecule has 2 aromatic heterocycles. The fourth-order valence-electron chi connectivity index (χ4n) is 3.30. The highest BCUT2D eigenvalue weighted by Crippen LogP contribution is 2.47. The van der Waals surface area contributed by atoms with E-state index in [-0.39, 0.29) is 5.92 Å². The largest absolute Gasteiger partial charge is 0.383 e. The van der Waals surface area contributed by atoms with Crippen molar-refractivity contribution >= 4 is 5.82 Å². The molecule has 0 aliphatic heterocycles. The number of aromatic nitrogens is 3. The van der Waals surface area contributed by atoms with Crippen LogP contribution >= 0.6 is 0 Å². The SMILES string of the molecule is Cc1cc(C2CC2C#N)ccc1-c1ccc(-c2cnn(C)c2N)nc1. The quantitative estimate of drug-likeness (QED) is 0.795. The molecule has 2 N–H and O–H groups in total. The number of benzene rings is 1. The van der Waals surface area contributed by atoms with Gasteiger partial charge in [-0.05, 0) is 36.1 Å². The molecule has 2 unspecified atom stereocenters. The number of hydrogen-bond acceptors (Lipinski definition) is 4. The number of rotatable bonds is 3. The first-order valence-corrected chi connectivity index (χ1v) is 8.33. The molecule has 1 aliphatic rings. The predicted octanol–water partition coefficient (Wildman–Crippen LogP) is 3.67. The van der Waals surface area contributed by atoms with Gasteiger partial charge in [0.1, 0.15) is 5.82 Å². The zero-order valence-electron chi connectivity index (χ0n) is 14.3. The molecule has 5 nitrogen and oxygen atoms in total. The molecule has 3 aromatic rings. The average molecular weight is 329 g/mol. The Morgan fingerprint density at radius 2 is 2.04 bits per heavy atom. The van der Waals surface area contributed by atoms with Gasteiger partial charge in [0.05, 0.1) is 29.4 Å². The van der Waals surface area contributed by atoms with Gasteiger partial charge in [-0.3, -0.25) is 9.67 Å². The van der Waals surface area contributed by atoms with Gasteiger partial charge in [0, 0.05) is 24.7 Å². The minimum absolute atomic E-state index is 0.191. The maximum absolute atomic E-state index is 9.01. The number of nitrogens with two attached hydrogens (primary N) is 1. The van der Waals surface area contributed by atoms with Gasteiger partial charge in [-0.15, -0.1) is 0 Å². The smallest absolute Gasteiger partial charge is 0.130 e. The first kappa shape index (κ1) is 15.4. The maximum Gasteiger partial charge on any atom is 0.130 e. The summed E-state index contributed by atoms with van der Waals surface area (Å²) in [6.45, 7) is 2.11. The second-order valence-electron chi connectivity index (χ2n) is 6.65. The third kappa shape index (κ3) is 2.66. The van der Waals surface area contributed by atoms with Crippen molar-refractivity contribution in [3.8, 4) is 28.5 Å². The molecule has 124 valence electrons. The summed E-state index contributed by atoms with van der Waals surface area (Å²) in [7, 11) is 1.81. The van der Waals surface area contributed by atoms with Crippen LogP contribution < -0.4 is 5.73 Å². The van der Waals surface area contributed by atoms with Crippen molar-refractivity contribution in [2.45, 2.75) is 19.3 Å². The van der Waals surface area contributed by atoms with E-state index in [9.17, 15) is 0 Å². The van der Waals surface area contributed by atoms with Gasteiger partial charge >= 0.3 is 0 Å². The van der Waals surface area contributed by atoms with E-state index in [1.165, 1.54) is 11.1 Å². The summed E-state index contributed by atoms with van der Waals surface area (Å²) >= 11 is 0. The molecule has 0 saturated heterocycles. The summed E-state index contributed by atoms with van der Waals surface area (Å²) in [5.41, 5.74) is 12.4. The lowest BCUT2D eigenvalue weighted by molar-refractivity contribution is 0.779. The molecule has 25 heavy (non-hydrogen) atoms. The molecule has 2 atom stereocenters. The van der Waals surface area contributed by atoms with E-state index in [4.69, 9.17) is 11.0 Å². The fraction of sp³-hybridized carbons (Fsp3) is 0.250. The van der Waals surface area contributed by atoms with E-state index >= 15 is 0 Å². The topological polar surface area (TPSA) is 80.5 Å². The molecule has 1 aliphatic carbocycles.